The van der Waals surface area contributed by atoms with Crippen LogP contribution in [0.2, 0.25) is 0 Å². The van der Waals surface area contributed by atoms with Crippen LogP contribution in [0, 0.1) is 0 Å². The minimum Gasteiger partial charge on any atom is -0.342 e. The van der Waals surface area contributed by atoms with Crippen LogP contribution in [-0.4, -0.2) is 21.9 Å². The number of rotatable bonds is 2. The Kier molecular flexibility index (Phi) is 2.96. The molecule has 0 saturated carbocycles. The van der Waals surface area contributed by atoms with E-state index in [1.807, 2.05) is 11.3 Å². The molecule has 4 heteroatoms. The summed E-state index contributed by atoms with van der Waals surface area (Å²) in [4.78, 5) is 8.07. The number of fused-ring (bicyclic) bond motifs is 2. The lowest BCUT2D eigenvalue weighted by molar-refractivity contribution is 0.482. The topological polar surface area (TPSA) is 16.1 Å². The number of thiazole rings is 1. The summed E-state index contributed by atoms with van der Waals surface area (Å²) in [6, 6.07) is 1.47. The number of piperidine rings is 1. The van der Waals surface area contributed by atoms with Crippen LogP contribution >= 0.6 is 27.3 Å². The van der Waals surface area contributed by atoms with E-state index in [9.17, 15) is 0 Å². The molecule has 2 bridgehead atoms. The van der Waals surface area contributed by atoms with Gasteiger partial charge < -0.3 is 4.90 Å². The zero-order valence-electron chi connectivity index (χ0n) is 9.53. The maximum atomic E-state index is 4.75. The molecule has 2 fully saturated rings. The molecule has 2 aliphatic rings. The molecule has 3 rings (SSSR count). The average Bonchev–Trinajstić information content (AvgIpc) is 2.81. The van der Waals surface area contributed by atoms with Crippen LogP contribution in [0.3, 0.4) is 0 Å². The monoisotopic (exact) mass is 300 g/mol. The van der Waals surface area contributed by atoms with Gasteiger partial charge in [0.1, 0.15) is 0 Å². The van der Waals surface area contributed by atoms with Crippen molar-refractivity contribution in [2.75, 3.05) is 4.90 Å². The van der Waals surface area contributed by atoms with Crippen LogP contribution in [0.25, 0.3) is 0 Å². The van der Waals surface area contributed by atoms with Crippen LogP contribution in [0.4, 0.5) is 5.13 Å². The van der Waals surface area contributed by atoms with Crippen LogP contribution in [-0.2, 0) is 6.42 Å². The van der Waals surface area contributed by atoms with Crippen molar-refractivity contribution in [3.63, 3.8) is 0 Å². The van der Waals surface area contributed by atoms with Gasteiger partial charge in [-0.05, 0) is 32.1 Å². The fraction of sp³-hybridized carbons (Fsp3) is 0.750. The van der Waals surface area contributed by atoms with Gasteiger partial charge in [0, 0.05) is 22.3 Å². The van der Waals surface area contributed by atoms with Gasteiger partial charge >= 0.3 is 0 Å². The van der Waals surface area contributed by atoms with Gasteiger partial charge in [0.15, 0.2) is 5.13 Å². The fourth-order valence-electron chi connectivity index (χ4n) is 3.00. The van der Waals surface area contributed by atoms with Gasteiger partial charge in [-0.1, -0.05) is 22.9 Å². The van der Waals surface area contributed by atoms with Crippen molar-refractivity contribution in [3.05, 3.63) is 11.1 Å². The average molecular weight is 301 g/mol. The molecule has 0 N–H and O–H groups in total. The molecule has 0 aliphatic carbocycles. The Hall–Kier alpha value is -0.0900. The zero-order valence-corrected chi connectivity index (χ0v) is 11.9. The number of anilines is 1. The summed E-state index contributed by atoms with van der Waals surface area (Å²) in [6.45, 7) is 2.18. The molecule has 0 aromatic carbocycles. The lowest BCUT2D eigenvalue weighted by Gasteiger charge is -2.37. The van der Waals surface area contributed by atoms with Gasteiger partial charge in [-0.15, -0.1) is 11.3 Å². The van der Waals surface area contributed by atoms with Gasteiger partial charge in [0.05, 0.1) is 5.69 Å². The molecule has 2 unspecified atom stereocenters. The normalized spacial score (nSPS) is 33.4. The van der Waals surface area contributed by atoms with Crippen LogP contribution in [0.15, 0.2) is 5.38 Å². The largest absolute Gasteiger partial charge is 0.342 e. The van der Waals surface area contributed by atoms with Crippen LogP contribution < -0.4 is 4.90 Å². The summed E-state index contributed by atoms with van der Waals surface area (Å²) in [5, 5.41) is 3.48. The summed E-state index contributed by atoms with van der Waals surface area (Å²) < 4.78 is 0. The highest BCUT2D eigenvalue weighted by atomic mass is 79.9. The lowest BCUT2D eigenvalue weighted by atomic mass is 10.0. The Morgan fingerprint density at radius 3 is 2.69 bits per heavy atom. The molecular weight excluding hydrogens is 284 g/mol. The number of aromatic nitrogens is 1. The van der Waals surface area contributed by atoms with Gasteiger partial charge in [-0.25, -0.2) is 4.98 Å². The molecule has 1 aromatic heterocycles. The predicted octanol–water partition coefficient (Wildman–Crippen LogP) is 3.60. The second-order valence-corrected chi connectivity index (χ2v) is 6.97. The van der Waals surface area contributed by atoms with E-state index in [1.165, 1.54) is 36.5 Å². The molecule has 0 radical (unpaired) electrons. The van der Waals surface area contributed by atoms with E-state index in [0.29, 0.717) is 0 Å². The summed E-state index contributed by atoms with van der Waals surface area (Å²) in [5.41, 5.74) is 1.25. The molecule has 88 valence electrons. The summed E-state index contributed by atoms with van der Waals surface area (Å²) >= 11 is 5.61. The molecule has 16 heavy (non-hydrogen) atoms. The zero-order chi connectivity index (χ0) is 11.1. The predicted molar refractivity (Wildman–Crippen MR) is 72.7 cm³/mol. The maximum absolute atomic E-state index is 4.75. The molecule has 0 spiro atoms. The highest BCUT2D eigenvalue weighted by Crippen LogP contribution is 2.42. The van der Waals surface area contributed by atoms with Gasteiger partial charge in [0.2, 0.25) is 0 Å². The molecule has 2 aliphatic heterocycles. The fourth-order valence-corrected chi connectivity index (χ4v) is 4.91. The first-order valence-corrected chi connectivity index (χ1v) is 7.94. The first-order chi connectivity index (χ1) is 7.78. The molecule has 2 atom stereocenters. The summed E-state index contributed by atoms with van der Waals surface area (Å²) in [6.07, 6.45) is 6.34. The van der Waals surface area contributed by atoms with E-state index in [0.717, 1.165) is 23.3 Å². The standard InChI is InChI=1S/C12H17BrN2S/c1-2-9-7-16-12(14-9)15-10-3-4-11(15)6-8(13)5-10/h7-8,10-11H,2-6H2,1H3. The highest BCUT2D eigenvalue weighted by molar-refractivity contribution is 9.09. The molecule has 2 nitrogen and oxygen atoms in total. The summed E-state index contributed by atoms with van der Waals surface area (Å²) in [5.74, 6) is 0. The first-order valence-electron chi connectivity index (χ1n) is 6.14. The number of nitrogens with zero attached hydrogens (tertiary/aromatic N) is 2. The third-order valence-corrected chi connectivity index (χ3v) is 5.45. The number of hydrogen-bond donors (Lipinski definition) is 0. The van der Waals surface area contributed by atoms with Crippen LogP contribution in [0.1, 0.15) is 38.3 Å². The van der Waals surface area contributed by atoms with Crippen molar-refractivity contribution in [2.24, 2.45) is 0 Å². The Bertz CT molecular complexity index is 365. The molecular formula is C12H17BrN2S. The van der Waals surface area contributed by atoms with Crippen molar-refractivity contribution < 1.29 is 0 Å². The van der Waals surface area contributed by atoms with E-state index < -0.39 is 0 Å². The molecule has 2 saturated heterocycles. The van der Waals surface area contributed by atoms with E-state index in [4.69, 9.17) is 4.98 Å². The second kappa shape index (κ2) is 4.30. The number of hydrogen-bond acceptors (Lipinski definition) is 3. The molecule has 3 heterocycles. The van der Waals surface area contributed by atoms with E-state index >= 15 is 0 Å². The van der Waals surface area contributed by atoms with Crippen molar-refractivity contribution in [3.8, 4) is 0 Å². The molecule has 0 amide bonds. The minimum absolute atomic E-state index is 0.729. The van der Waals surface area contributed by atoms with Gasteiger partial charge in [-0.2, -0.15) is 0 Å². The van der Waals surface area contributed by atoms with E-state index in [2.05, 4.69) is 33.1 Å². The Morgan fingerprint density at radius 1 is 1.44 bits per heavy atom. The van der Waals surface area contributed by atoms with Crippen molar-refractivity contribution in [2.45, 2.75) is 55.9 Å². The SMILES string of the molecule is CCc1csc(N2C3CCC2CC(Br)C3)n1. The van der Waals surface area contributed by atoms with E-state index in [1.54, 1.807) is 0 Å². The number of aryl methyl sites for hydroxylation is 1. The smallest absolute Gasteiger partial charge is 0.186 e. The van der Waals surface area contributed by atoms with Crippen molar-refractivity contribution in [1.82, 2.24) is 4.98 Å². The van der Waals surface area contributed by atoms with E-state index in [-0.39, 0.29) is 0 Å². The van der Waals surface area contributed by atoms with Gasteiger partial charge in [-0.3, -0.25) is 0 Å². The highest BCUT2D eigenvalue weighted by Gasteiger charge is 2.41. The number of halogens is 1. The summed E-state index contributed by atoms with van der Waals surface area (Å²) in [7, 11) is 0. The minimum atomic E-state index is 0.729. The third kappa shape index (κ3) is 1.80. The Balaban J connectivity index is 1.85. The quantitative estimate of drug-likeness (QED) is 0.776. The Labute approximate surface area is 109 Å². The third-order valence-electron chi connectivity index (χ3n) is 3.80. The Morgan fingerprint density at radius 2 is 2.12 bits per heavy atom. The van der Waals surface area contributed by atoms with Crippen molar-refractivity contribution >= 4 is 32.4 Å². The first kappa shape index (κ1) is 11.0. The number of alkyl halides is 1. The molecule has 1 aromatic rings. The van der Waals surface area contributed by atoms with Crippen molar-refractivity contribution in [1.29, 1.82) is 0 Å². The van der Waals surface area contributed by atoms with Gasteiger partial charge in [0.25, 0.3) is 0 Å². The maximum Gasteiger partial charge on any atom is 0.186 e. The van der Waals surface area contributed by atoms with Crippen LogP contribution in [0.5, 0.6) is 0 Å². The lowest BCUT2D eigenvalue weighted by Crippen LogP contribution is -2.43. The second-order valence-electron chi connectivity index (χ2n) is 4.84.